The molecule has 0 N–H and O–H groups in total. The summed E-state index contributed by atoms with van der Waals surface area (Å²) in [6, 6.07) is 13.9. The highest BCUT2D eigenvalue weighted by atomic mass is 35.6. The highest BCUT2D eigenvalue weighted by Crippen LogP contribution is 2.38. The first-order chi connectivity index (χ1) is 16.0. The fraction of sp³-hybridized carbons (Fsp3) is 0.296. The molecule has 0 atom stereocenters. The van der Waals surface area contributed by atoms with Crippen molar-refractivity contribution in [2.24, 2.45) is 9.98 Å². The summed E-state index contributed by atoms with van der Waals surface area (Å²) >= 11 is -2.68. The Kier molecular flexibility index (Phi) is 6.87. The number of halogens is 1. The summed E-state index contributed by atoms with van der Waals surface area (Å²) in [7, 11) is 6.84. The predicted octanol–water partition coefficient (Wildman–Crippen LogP) is 7.17. The summed E-state index contributed by atoms with van der Waals surface area (Å²) in [5.41, 5.74) is 4.82. The van der Waals surface area contributed by atoms with Gasteiger partial charge in [-0.2, -0.15) is 10.0 Å². The van der Waals surface area contributed by atoms with Gasteiger partial charge in [0.25, 0.3) is 0 Å². The van der Waals surface area contributed by atoms with Crippen molar-refractivity contribution < 1.29 is 7.58 Å². The average Bonchev–Trinajstić information content (AvgIpc) is 2.77. The standard InChI is InChI=1S/C27H31N3O2.Al.ClH/c1-26(2,3)20-11-7-9-18(24(20)31)15-29-22-13-14-28-17-23(22)30-16-19-10-8-12-21(25(19)32)27(4,5)6;;/h7-17,31-32H,1-6H3;;1H/q;+3;/p-3. The van der Waals surface area contributed by atoms with Crippen molar-refractivity contribution in [3.63, 3.8) is 0 Å². The smallest absolute Gasteiger partial charge is 0.599 e. The molecule has 0 fully saturated rings. The van der Waals surface area contributed by atoms with Crippen LogP contribution in [0, 0.1) is 0 Å². The minimum absolute atomic E-state index is 0.155. The van der Waals surface area contributed by atoms with E-state index < -0.39 is 13.9 Å². The van der Waals surface area contributed by atoms with Crippen LogP contribution in [0.3, 0.4) is 0 Å². The van der Waals surface area contributed by atoms with Crippen LogP contribution in [0.25, 0.3) is 0 Å². The van der Waals surface area contributed by atoms with E-state index in [2.05, 4.69) is 58.7 Å². The Bertz CT molecular complexity index is 1160. The van der Waals surface area contributed by atoms with Crippen molar-refractivity contribution in [3.8, 4) is 11.5 Å². The highest BCUT2D eigenvalue weighted by Gasteiger charge is 2.36. The molecule has 34 heavy (non-hydrogen) atoms. The minimum Gasteiger partial charge on any atom is -0.599 e. The molecule has 0 saturated heterocycles. The lowest BCUT2D eigenvalue weighted by Crippen LogP contribution is -2.28. The fourth-order valence-electron chi connectivity index (χ4n) is 3.83. The van der Waals surface area contributed by atoms with Crippen LogP contribution in [-0.4, -0.2) is 31.3 Å². The number of pyridine rings is 1. The molecular formula is C27H29AlClN3O2. The molecule has 0 radical (unpaired) electrons. The fourth-order valence-corrected chi connectivity index (χ4v) is 5.31. The number of nitrogens with zero attached hydrogens (tertiary/aromatic N) is 3. The third-order valence-electron chi connectivity index (χ3n) is 5.59. The molecule has 174 valence electrons. The van der Waals surface area contributed by atoms with Crippen molar-refractivity contribution in [1.82, 2.24) is 4.98 Å². The maximum absolute atomic E-state index is 6.84. The third-order valence-corrected chi connectivity index (χ3v) is 6.97. The van der Waals surface area contributed by atoms with Crippen LogP contribution in [0.4, 0.5) is 11.4 Å². The summed E-state index contributed by atoms with van der Waals surface area (Å²) in [6.07, 6.45) is 7.00. The molecule has 0 aliphatic carbocycles. The number of aliphatic imine (C=N–C) groups is 2. The molecule has 1 aliphatic heterocycles. The Hall–Kier alpha value is -2.65. The van der Waals surface area contributed by atoms with Gasteiger partial charge in [0.1, 0.15) is 5.69 Å². The van der Waals surface area contributed by atoms with E-state index in [1.54, 1.807) is 24.8 Å². The van der Waals surface area contributed by atoms with E-state index >= 15 is 0 Å². The first kappa shape index (κ1) is 24.5. The van der Waals surface area contributed by atoms with Gasteiger partial charge >= 0.3 is 13.9 Å². The Morgan fingerprint density at radius 2 is 1.21 bits per heavy atom. The molecule has 3 aromatic rings. The van der Waals surface area contributed by atoms with Gasteiger partial charge in [0, 0.05) is 29.8 Å². The number of hydrogen-bond acceptors (Lipinski definition) is 5. The van der Waals surface area contributed by atoms with Gasteiger partial charge in [0.2, 0.25) is 0 Å². The number of aromatic nitrogens is 1. The first-order valence-corrected chi connectivity index (χ1v) is 14.0. The summed E-state index contributed by atoms with van der Waals surface area (Å²) in [4.78, 5) is 13.7. The topological polar surface area (TPSA) is 56.1 Å². The summed E-state index contributed by atoms with van der Waals surface area (Å²) in [6.45, 7) is 12.9. The van der Waals surface area contributed by atoms with Crippen LogP contribution < -0.4 is 7.58 Å². The van der Waals surface area contributed by atoms with Crippen LogP contribution in [0.1, 0.15) is 63.8 Å². The molecule has 1 aliphatic rings. The molecule has 0 bridgehead atoms. The Balaban J connectivity index is 1.96. The van der Waals surface area contributed by atoms with E-state index in [0.29, 0.717) is 22.9 Å². The summed E-state index contributed by atoms with van der Waals surface area (Å²) in [5.74, 6) is 1.40. The first-order valence-electron chi connectivity index (χ1n) is 11.3. The molecule has 1 aromatic heterocycles. The second-order valence-electron chi connectivity index (χ2n) is 10.3. The van der Waals surface area contributed by atoms with Gasteiger partial charge in [0.15, 0.2) is 0 Å². The average molecular weight is 490 g/mol. The van der Waals surface area contributed by atoms with E-state index in [1.807, 2.05) is 30.3 Å². The normalized spacial score (nSPS) is 13.9. The number of hydrogen-bond donors (Lipinski definition) is 0. The molecule has 0 spiro atoms. The van der Waals surface area contributed by atoms with Gasteiger partial charge in [-0.3, -0.25) is 15.0 Å². The van der Waals surface area contributed by atoms with Gasteiger partial charge in [0.05, 0.1) is 23.4 Å². The van der Waals surface area contributed by atoms with Gasteiger partial charge in [-0.1, -0.05) is 65.8 Å². The van der Waals surface area contributed by atoms with Crippen molar-refractivity contribution in [1.29, 1.82) is 0 Å². The lowest BCUT2D eigenvalue weighted by Gasteiger charge is -2.27. The van der Waals surface area contributed by atoms with E-state index in [1.165, 1.54) is 0 Å². The maximum atomic E-state index is 6.84. The molecule has 0 saturated carbocycles. The molecule has 2 aromatic carbocycles. The molecule has 4 rings (SSSR count). The van der Waals surface area contributed by atoms with Crippen LogP contribution in [0.2, 0.25) is 0 Å². The SMILES string of the molecule is CC(C)(C)c1cccc2c1[O][Al]([Cl])[O]c1c(cccc1C(C)(C)C)C=Nc1cnccc1N=C2. The van der Waals surface area contributed by atoms with Crippen molar-refractivity contribution >= 4 is 47.7 Å². The molecule has 5 nitrogen and oxygen atoms in total. The Morgan fingerprint density at radius 3 is 1.71 bits per heavy atom. The minimum atomic E-state index is -2.68. The van der Waals surface area contributed by atoms with Gasteiger partial charge in [-0.05, 0) is 40.2 Å². The van der Waals surface area contributed by atoms with E-state index in [4.69, 9.17) is 27.6 Å². The number of rotatable bonds is 0. The molecular weight excluding hydrogens is 461 g/mol. The third kappa shape index (κ3) is 5.36. The van der Waals surface area contributed by atoms with Crippen molar-refractivity contribution in [3.05, 3.63) is 77.1 Å². The van der Waals surface area contributed by atoms with Crippen molar-refractivity contribution in [2.75, 3.05) is 0 Å². The quantitative estimate of drug-likeness (QED) is 0.314. The molecule has 7 heteroatoms. The van der Waals surface area contributed by atoms with E-state index in [0.717, 1.165) is 22.3 Å². The van der Waals surface area contributed by atoms with E-state index in [9.17, 15) is 0 Å². The number of benzene rings is 2. The highest BCUT2D eigenvalue weighted by molar-refractivity contribution is 7.00. The van der Waals surface area contributed by atoms with Crippen molar-refractivity contribution in [2.45, 2.75) is 52.4 Å². The lowest BCUT2D eigenvalue weighted by atomic mass is 9.85. The largest absolute Gasteiger partial charge is 0.999 e. The van der Waals surface area contributed by atoms with Crippen LogP contribution in [0.5, 0.6) is 11.5 Å². The second kappa shape index (κ2) is 9.54. The molecule has 0 unspecified atom stereocenters. The second-order valence-corrected chi connectivity index (χ2v) is 12.4. The Morgan fingerprint density at radius 1 is 0.706 bits per heavy atom. The van der Waals surface area contributed by atoms with E-state index in [-0.39, 0.29) is 10.8 Å². The summed E-state index contributed by atoms with van der Waals surface area (Å²) < 4.78 is 12.8. The maximum Gasteiger partial charge on any atom is 0.999 e. The summed E-state index contributed by atoms with van der Waals surface area (Å²) in [5, 5.41) is 0. The predicted molar refractivity (Wildman–Crippen MR) is 142 cm³/mol. The lowest BCUT2D eigenvalue weighted by molar-refractivity contribution is 0.425. The molecule has 0 amide bonds. The number of fused-ring (bicyclic) bond motifs is 3. The number of para-hydroxylation sites is 2. The molecule has 2 heterocycles. The van der Waals surface area contributed by atoms with Crippen LogP contribution >= 0.6 is 10.0 Å². The Labute approximate surface area is 210 Å². The van der Waals surface area contributed by atoms with Gasteiger partial charge < -0.3 is 7.58 Å². The van der Waals surface area contributed by atoms with Gasteiger partial charge in [-0.25, -0.2) is 0 Å². The zero-order valence-corrected chi connectivity index (χ0v) is 22.4. The monoisotopic (exact) mass is 489 g/mol. The van der Waals surface area contributed by atoms with Crippen LogP contribution in [0.15, 0.2) is 64.8 Å². The zero-order chi connectivity index (χ0) is 24.5. The van der Waals surface area contributed by atoms with Gasteiger partial charge in [-0.15, -0.1) is 0 Å². The van der Waals surface area contributed by atoms with Crippen LogP contribution in [-0.2, 0) is 10.8 Å². The zero-order valence-electron chi connectivity index (χ0n) is 20.5.